The van der Waals surface area contributed by atoms with Gasteiger partial charge < -0.3 is 10.1 Å². The van der Waals surface area contributed by atoms with Gasteiger partial charge in [-0.1, -0.05) is 36.4 Å². The predicted molar refractivity (Wildman–Crippen MR) is 89.1 cm³/mol. The number of pyridine rings is 1. The van der Waals surface area contributed by atoms with Crippen molar-refractivity contribution in [2.45, 2.75) is 31.3 Å². The molecule has 2 aromatic rings. The van der Waals surface area contributed by atoms with Crippen LogP contribution < -0.4 is 5.32 Å². The van der Waals surface area contributed by atoms with Crippen molar-refractivity contribution in [2.75, 3.05) is 13.2 Å². The minimum Gasteiger partial charge on any atom is -0.368 e. The van der Waals surface area contributed by atoms with Crippen LogP contribution in [-0.2, 0) is 16.0 Å². The van der Waals surface area contributed by atoms with E-state index in [0.29, 0.717) is 13.2 Å². The Labute approximate surface area is 136 Å². The monoisotopic (exact) mass is 310 g/mol. The van der Waals surface area contributed by atoms with Gasteiger partial charge in [-0.2, -0.15) is 0 Å². The SMILES string of the molecule is O=C(NCC(Cc1cccnc1)c1ccccc1)C1CCCO1. The molecule has 0 radical (unpaired) electrons. The maximum Gasteiger partial charge on any atom is 0.249 e. The second-order valence-corrected chi connectivity index (χ2v) is 5.92. The quantitative estimate of drug-likeness (QED) is 0.892. The van der Waals surface area contributed by atoms with Crippen molar-refractivity contribution < 1.29 is 9.53 Å². The van der Waals surface area contributed by atoms with Crippen LogP contribution in [0.5, 0.6) is 0 Å². The molecule has 1 aromatic carbocycles. The fraction of sp³-hybridized carbons (Fsp3) is 0.368. The van der Waals surface area contributed by atoms with E-state index in [0.717, 1.165) is 19.3 Å². The Bertz CT molecular complexity index is 610. The number of carbonyl (C=O) groups is 1. The highest BCUT2D eigenvalue weighted by Gasteiger charge is 2.24. The van der Waals surface area contributed by atoms with Crippen LogP contribution >= 0.6 is 0 Å². The molecule has 4 heteroatoms. The zero-order valence-corrected chi connectivity index (χ0v) is 13.2. The summed E-state index contributed by atoms with van der Waals surface area (Å²) in [7, 11) is 0. The number of nitrogens with one attached hydrogen (secondary N) is 1. The van der Waals surface area contributed by atoms with Crippen LogP contribution in [-0.4, -0.2) is 30.1 Å². The lowest BCUT2D eigenvalue weighted by Crippen LogP contribution is -2.37. The van der Waals surface area contributed by atoms with E-state index in [2.05, 4.69) is 28.5 Å². The van der Waals surface area contributed by atoms with Crippen LogP contribution in [0.4, 0.5) is 0 Å². The van der Waals surface area contributed by atoms with E-state index in [1.54, 1.807) is 6.20 Å². The van der Waals surface area contributed by atoms with Gasteiger partial charge in [-0.25, -0.2) is 0 Å². The molecule has 1 saturated heterocycles. The Morgan fingerprint density at radius 3 is 2.83 bits per heavy atom. The number of hydrogen-bond donors (Lipinski definition) is 1. The molecule has 1 N–H and O–H groups in total. The van der Waals surface area contributed by atoms with Gasteiger partial charge in [0.05, 0.1) is 0 Å². The Morgan fingerprint density at radius 2 is 2.13 bits per heavy atom. The summed E-state index contributed by atoms with van der Waals surface area (Å²) in [4.78, 5) is 16.4. The number of ether oxygens (including phenoxy) is 1. The zero-order chi connectivity index (χ0) is 15.9. The first-order chi connectivity index (χ1) is 11.3. The lowest BCUT2D eigenvalue weighted by molar-refractivity contribution is -0.130. The highest BCUT2D eigenvalue weighted by atomic mass is 16.5. The third-order valence-corrected chi connectivity index (χ3v) is 4.22. The molecule has 0 spiro atoms. The van der Waals surface area contributed by atoms with Gasteiger partial charge in [-0.3, -0.25) is 9.78 Å². The van der Waals surface area contributed by atoms with Crippen molar-refractivity contribution in [1.82, 2.24) is 10.3 Å². The Balaban J connectivity index is 1.66. The number of nitrogens with zero attached hydrogens (tertiary/aromatic N) is 1. The maximum absolute atomic E-state index is 12.2. The van der Waals surface area contributed by atoms with E-state index in [4.69, 9.17) is 4.74 Å². The van der Waals surface area contributed by atoms with Crippen LogP contribution in [0.15, 0.2) is 54.9 Å². The number of amides is 1. The summed E-state index contributed by atoms with van der Waals surface area (Å²) in [6.07, 6.45) is 6.03. The second kappa shape index (κ2) is 7.88. The average molecular weight is 310 g/mol. The second-order valence-electron chi connectivity index (χ2n) is 5.92. The van der Waals surface area contributed by atoms with E-state index < -0.39 is 0 Å². The summed E-state index contributed by atoms with van der Waals surface area (Å²) in [5, 5.41) is 3.06. The molecule has 1 fully saturated rings. The van der Waals surface area contributed by atoms with Gasteiger partial charge >= 0.3 is 0 Å². The van der Waals surface area contributed by atoms with Crippen molar-refractivity contribution in [3.63, 3.8) is 0 Å². The van der Waals surface area contributed by atoms with Crippen LogP contribution in [0, 0.1) is 0 Å². The maximum atomic E-state index is 12.2. The fourth-order valence-electron chi connectivity index (χ4n) is 2.96. The van der Waals surface area contributed by atoms with Crippen molar-refractivity contribution >= 4 is 5.91 Å². The lowest BCUT2D eigenvalue weighted by Gasteiger charge is -2.19. The fourth-order valence-corrected chi connectivity index (χ4v) is 2.96. The molecule has 0 bridgehead atoms. The van der Waals surface area contributed by atoms with Gasteiger partial charge in [0.1, 0.15) is 6.10 Å². The molecule has 2 atom stereocenters. The smallest absolute Gasteiger partial charge is 0.249 e. The minimum atomic E-state index is -0.273. The third-order valence-electron chi connectivity index (χ3n) is 4.22. The van der Waals surface area contributed by atoms with E-state index in [9.17, 15) is 4.79 Å². The van der Waals surface area contributed by atoms with Crippen LogP contribution in [0.25, 0.3) is 0 Å². The highest BCUT2D eigenvalue weighted by molar-refractivity contribution is 5.81. The molecule has 120 valence electrons. The van der Waals surface area contributed by atoms with Gasteiger partial charge in [0.25, 0.3) is 0 Å². The summed E-state index contributed by atoms with van der Waals surface area (Å²) >= 11 is 0. The number of benzene rings is 1. The normalized spacial score (nSPS) is 18.5. The number of rotatable bonds is 6. The minimum absolute atomic E-state index is 0.00891. The van der Waals surface area contributed by atoms with Crippen LogP contribution in [0.1, 0.15) is 29.9 Å². The van der Waals surface area contributed by atoms with E-state index >= 15 is 0 Å². The van der Waals surface area contributed by atoms with Crippen molar-refractivity contribution in [2.24, 2.45) is 0 Å². The Kier molecular flexibility index (Phi) is 5.37. The first-order valence-corrected chi connectivity index (χ1v) is 8.16. The molecule has 1 aromatic heterocycles. The predicted octanol–water partition coefficient (Wildman–Crippen LogP) is 2.70. The molecular formula is C19H22N2O2. The van der Waals surface area contributed by atoms with Gasteiger partial charge in [0.15, 0.2) is 0 Å². The number of aromatic nitrogens is 1. The van der Waals surface area contributed by atoms with Crippen molar-refractivity contribution in [1.29, 1.82) is 0 Å². The van der Waals surface area contributed by atoms with Crippen LogP contribution in [0.3, 0.4) is 0 Å². The molecular weight excluding hydrogens is 288 g/mol. The first kappa shape index (κ1) is 15.7. The average Bonchev–Trinajstić information content (AvgIpc) is 3.15. The molecule has 2 heterocycles. The van der Waals surface area contributed by atoms with E-state index in [-0.39, 0.29) is 17.9 Å². The lowest BCUT2D eigenvalue weighted by atomic mass is 9.92. The molecule has 3 rings (SSSR count). The van der Waals surface area contributed by atoms with Gasteiger partial charge in [0.2, 0.25) is 5.91 Å². The largest absolute Gasteiger partial charge is 0.368 e. The molecule has 0 aliphatic carbocycles. The zero-order valence-electron chi connectivity index (χ0n) is 13.2. The van der Waals surface area contributed by atoms with Gasteiger partial charge in [-0.05, 0) is 36.5 Å². The first-order valence-electron chi connectivity index (χ1n) is 8.16. The molecule has 2 unspecified atom stereocenters. The summed E-state index contributed by atoms with van der Waals surface area (Å²) in [6.45, 7) is 1.30. The molecule has 1 amide bonds. The standard InChI is InChI=1S/C19H22N2O2/c22-19(18-9-5-11-23-18)21-14-17(16-7-2-1-3-8-16)12-15-6-4-10-20-13-15/h1-4,6-8,10,13,17-18H,5,9,11-12,14H2,(H,21,22). The summed E-state index contributed by atoms with van der Waals surface area (Å²) < 4.78 is 5.45. The number of carbonyl (C=O) groups excluding carboxylic acids is 1. The van der Waals surface area contributed by atoms with E-state index in [1.807, 2.05) is 30.5 Å². The Hall–Kier alpha value is -2.20. The van der Waals surface area contributed by atoms with Crippen molar-refractivity contribution in [3.8, 4) is 0 Å². The Morgan fingerprint density at radius 1 is 1.26 bits per heavy atom. The molecule has 23 heavy (non-hydrogen) atoms. The summed E-state index contributed by atoms with van der Waals surface area (Å²) in [6, 6.07) is 14.3. The topological polar surface area (TPSA) is 51.2 Å². The highest BCUT2D eigenvalue weighted by Crippen LogP contribution is 2.20. The number of hydrogen-bond acceptors (Lipinski definition) is 3. The van der Waals surface area contributed by atoms with Crippen LogP contribution in [0.2, 0.25) is 0 Å². The van der Waals surface area contributed by atoms with Gasteiger partial charge in [0, 0.05) is 31.5 Å². The van der Waals surface area contributed by atoms with Crippen molar-refractivity contribution in [3.05, 3.63) is 66.0 Å². The molecule has 4 nitrogen and oxygen atoms in total. The summed E-state index contributed by atoms with van der Waals surface area (Å²) in [5.74, 6) is 0.236. The molecule has 1 aliphatic rings. The summed E-state index contributed by atoms with van der Waals surface area (Å²) in [5.41, 5.74) is 2.40. The third kappa shape index (κ3) is 4.39. The molecule has 0 saturated carbocycles. The van der Waals surface area contributed by atoms with E-state index in [1.165, 1.54) is 11.1 Å². The van der Waals surface area contributed by atoms with Gasteiger partial charge in [-0.15, -0.1) is 0 Å². The molecule has 1 aliphatic heterocycles.